The molecule has 0 saturated heterocycles. The molecular formula is C17H21F3N4OS. The molecule has 0 aliphatic heterocycles. The normalized spacial score (nSPS) is 19.3. The van der Waals surface area contributed by atoms with Gasteiger partial charge in [-0.15, -0.1) is 4.72 Å². The van der Waals surface area contributed by atoms with Gasteiger partial charge in [-0.3, -0.25) is 4.98 Å². The highest BCUT2D eigenvalue weighted by molar-refractivity contribution is 7.90. The number of pyridine rings is 1. The smallest absolute Gasteiger partial charge is 0.433 e. The molecule has 9 heteroatoms. The van der Waals surface area contributed by atoms with Crippen molar-refractivity contribution in [2.75, 3.05) is 0 Å². The van der Waals surface area contributed by atoms with Crippen LogP contribution in [0.15, 0.2) is 24.5 Å². The Labute approximate surface area is 153 Å². The summed E-state index contributed by atoms with van der Waals surface area (Å²) in [6.07, 6.45) is 0.791. The molecule has 0 saturated carbocycles. The van der Waals surface area contributed by atoms with Crippen LogP contribution in [0.25, 0.3) is 5.69 Å². The van der Waals surface area contributed by atoms with Gasteiger partial charge in [-0.1, -0.05) is 0 Å². The summed E-state index contributed by atoms with van der Waals surface area (Å²) in [5.74, 6) is 0. The average Bonchev–Trinajstić information content (AvgIpc) is 2.98. The molecule has 2 heterocycles. The van der Waals surface area contributed by atoms with Crippen molar-refractivity contribution in [1.29, 1.82) is 0 Å². The van der Waals surface area contributed by atoms with Crippen molar-refractivity contribution in [3.05, 3.63) is 41.5 Å². The number of nitrogens with zero attached hydrogens (tertiary/aromatic N) is 3. The maximum absolute atomic E-state index is 12.9. The SMILES string of the molecule is CC(C)(C)[S@+]([O-])N[C@H]1CCCc2nn(-c3ccnc(C(F)(F)F)c3)cc21. The molecule has 1 aliphatic rings. The number of alkyl halides is 3. The molecule has 1 N–H and O–H groups in total. The first-order chi connectivity index (χ1) is 12.1. The fourth-order valence-corrected chi connectivity index (χ4v) is 3.67. The van der Waals surface area contributed by atoms with E-state index in [1.54, 1.807) is 6.20 Å². The number of aromatic nitrogens is 3. The Balaban J connectivity index is 1.90. The molecule has 0 unspecified atom stereocenters. The highest BCUT2D eigenvalue weighted by Crippen LogP contribution is 2.33. The quantitative estimate of drug-likeness (QED) is 0.817. The Kier molecular flexibility index (Phi) is 5.06. The van der Waals surface area contributed by atoms with Gasteiger partial charge in [-0.05, 0) is 52.2 Å². The number of hydrogen-bond acceptors (Lipinski definition) is 4. The van der Waals surface area contributed by atoms with Crippen LogP contribution >= 0.6 is 0 Å². The second-order valence-electron chi connectivity index (χ2n) is 7.32. The van der Waals surface area contributed by atoms with Crippen LogP contribution in [-0.2, 0) is 24.0 Å². The Morgan fingerprint density at radius 1 is 1.31 bits per heavy atom. The van der Waals surface area contributed by atoms with Gasteiger partial charge in [-0.25, -0.2) is 4.68 Å². The lowest BCUT2D eigenvalue weighted by Crippen LogP contribution is -2.41. The Hall–Kier alpha value is -1.58. The van der Waals surface area contributed by atoms with Crippen molar-refractivity contribution in [3.63, 3.8) is 0 Å². The maximum Gasteiger partial charge on any atom is 0.433 e. The standard InChI is InChI=1S/C17H21F3N4OS/c1-16(2,3)26(25)23-14-6-4-5-13-12(14)10-24(22-13)11-7-8-21-15(9-11)17(18,19)20/h7-10,14,23H,4-6H2,1-3H3/t14-,26-/m0/s1. The molecule has 142 valence electrons. The second kappa shape index (κ2) is 6.86. The lowest BCUT2D eigenvalue weighted by atomic mass is 9.94. The van der Waals surface area contributed by atoms with Crippen molar-refractivity contribution < 1.29 is 17.7 Å². The summed E-state index contributed by atoms with van der Waals surface area (Å²) < 4.78 is 55.3. The molecule has 0 spiro atoms. The molecule has 0 radical (unpaired) electrons. The maximum atomic E-state index is 12.9. The zero-order valence-corrected chi connectivity index (χ0v) is 15.6. The van der Waals surface area contributed by atoms with Crippen LogP contribution in [0.1, 0.15) is 56.6 Å². The van der Waals surface area contributed by atoms with E-state index in [0.29, 0.717) is 5.69 Å². The lowest BCUT2D eigenvalue weighted by molar-refractivity contribution is -0.141. The van der Waals surface area contributed by atoms with Crippen LogP contribution in [0.4, 0.5) is 13.2 Å². The van der Waals surface area contributed by atoms with Crippen LogP contribution < -0.4 is 4.72 Å². The first-order valence-corrected chi connectivity index (χ1v) is 9.51. The zero-order chi connectivity index (χ0) is 19.1. The fourth-order valence-electron chi connectivity index (χ4n) is 2.82. The molecule has 0 bridgehead atoms. The number of hydrogen-bond donors (Lipinski definition) is 1. The summed E-state index contributed by atoms with van der Waals surface area (Å²) in [7, 11) is 0. The molecule has 0 fully saturated rings. The van der Waals surface area contributed by atoms with E-state index in [1.807, 2.05) is 20.8 Å². The minimum atomic E-state index is -4.50. The summed E-state index contributed by atoms with van der Waals surface area (Å²) in [6.45, 7) is 5.66. The number of halogens is 3. The largest absolute Gasteiger partial charge is 0.598 e. The monoisotopic (exact) mass is 386 g/mol. The summed E-state index contributed by atoms with van der Waals surface area (Å²) in [6, 6.07) is 2.34. The van der Waals surface area contributed by atoms with Crippen molar-refractivity contribution in [2.24, 2.45) is 0 Å². The molecule has 0 amide bonds. The number of aryl methyl sites for hydroxylation is 1. The minimum Gasteiger partial charge on any atom is -0.598 e. The molecule has 0 aromatic carbocycles. The predicted molar refractivity (Wildman–Crippen MR) is 93.1 cm³/mol. The van der Waals surface area contributed by atoms with Gasteiger partial charge in [0.15, 0.2) is 0 Å². The third kappa shape index (κ3) is 4.05. The van der Waals surface area contributed by atoms with E-state index in [1.165, 1.54) is 10.7 Å². The molecule has 3 rings (SSSR count). The molecule has 26 heavy (non-hydrogen) atoms. The number of fused-ring (bicyclic) bond motifs is 1. The van der Waals surface area contributed by atoms with Crippen LogP contribution in [-0.4, -0.2) is 24.1 Å². The number of rotatable bonds is 3. The van der Waals surface area contributed by atoms with Crippen molar-refractivity contribution in [2.45, 2.75) is 57.0 Å². The zero-order valence-electron chi connectivity index (χ0n) is 14.8. The Morgan fingerprint density at radius 2 is 2.04 bits per heavy atom. The van der Waals surface area contributed by atoms with Gasteiger partial charge < -0.3 is 4.55 Å². The molecule has 5 nitrogen and oxygen atoms in total. The van der Waals surface area contributed by atoms with E-state index < -0.39 is 28.0 Å². The van der Waals surface area contributed by atoms with Crippen molar-refractivity contribution >= 4 is 11.4 Å². The highest BCUT2D eigenvalue weighted by Gasteiger charge is 2.34. The predicted octanol–water partition coefficient (Wildman–Crippen LogP) is 3.72. The van der Waals surface area contributed by atoms with E-state index in [9.17, 15) is 17.7 Å². The van der Waals surface area contributed by atoms with Crippen LogP contribution in [0.2, 0.25) is 0 Å². The van der Waals surface area contributed by atoms with Gasteiger partial charge in [0.2, 0.25) is 0 Å². The van der Waals surface area contributed by atoms with E-state index in [0.717, 1.165) is 42.8 Å². The number of nitrogens with one attached hydrogen (secondary N) is 1. The highest BCUT2D eigenvalue weighted by atomic mass is 32.2. The van der Waals surface area contributed by atoms with Crippen LogP contribution in [0, 0.1) is 0 Å². The summed E-state index contributed by atoms with van der Waals surface area (Å²) >= 11 is -1.24. The first kappa shape index (κ1) is 19.2. The van der Waals surface area contributed by atoms with E-state index in [2.05, 4.69) is 14.8 Å². The van der Waals surface area contributed by atoms with Gasteiger partial charge in [0, 0.05) is 29.3 Å². The van der Waals surface area contributed by atoms with Crippen molar-refractivity contribution in [1.82, 2.24) is 19.5 Å². The molecule has 2 aromatic heterocycles. The van der Waals surface area contributed by atoms with Crippen LogP contribution in [0.3, 0.4) is 0 Å². The lowest BCUT2D eigenvalue weighted by Gasteiger charge is -2.29. The van der Waals surface area contributed by atoms with Crippen LogP contribution in [0.5, 0.6) is 0 Å². The second-order valence-corrected chi connectivity index (χ2v) is 9.31. The average molecular weight is 386 g/mol. The third-order valence-corrected chi connectivity index (χ3v) is 5.82. The fraction of sp³-hybridized carbons (Fsp3) is 0.529. The first-order valence-electron chi connectivity index (χ1n) is 8.36. The molecule has 2 aromatic rings. The Morgan fingerprint density at radius 3 is 2.69 bits per heavy atom. The third-order valence-electron chi connectivity index (χ3n) is 4.21. The van der Waals surface area contributed by atoms with Gasteiger partial charge in [0.05, 0.1) is 17.4 Å². The van der Waals surface area contributed by atoms with E-state index in [4.69, 9.17) is 0 Å². The van der Waals surface area contributed by atoms with Gasteiger partial charge in [-0.2, -0.15) is 18.3 Å². The van der Waals surface area contributed by atoms with Gasteiger partial charge in [0.25, 0.3) is 0 Å². The van der Waals surface area contributed by atoms with Crippen molar-refractivity contribution in [3.8, 4) is 5.69 Å². The summed E-state index contributed by atoms with van der Waals surface area (Å²) in [4.78, 5) is 3.38. The summed E-state index contributed by atoms with van der Waals surface area (Å²) in [5.41, 5.74) is 1.06. The van der Waals surface area contributed by atoms with E-state index >= 15 is 0 Å². The van der Waals surface area contributed by atoms with E-state index in [-0.39, 0.29) is 6.04 Å². The molecular weight excluding hydrogens is 365 g/mol. The van der Waals surface area contributed by atoms with Gasteiger partial charge in [0.1, 0.15) is 10.4 Å². The summed E-state index contributed by atoms with van der Waals surface area (Å²) in [5, 5.41) is 4.45. The topological polar surface area (TPSA) is 65.8 Å². The molecule has 2 atom stereocenters. The van der Waals surface area contributed by atoms with Gasteiger partial charge >= 0.3 is 6.18 Å². The minimum absolute atomic E-state index is 0.128. The Bertz CT molecular complexity index is 785. The molecule has 1 aliphatic carbocycles.